The van der Waals surface area contributed by atoms with E-state index in [-0.39, 0.29) is 19.1 Å². The number of methoxy groups -OCH3 is 1. The lowest BCUT2D eigenvalue weighted by atomic mass is 10.1. The van der Waals surface area contributed by atoms with E-state index in [1.165, 1.54) is 17.6 Å². The number of nitrogens with one attached hydrogen (secondary N) is 2. The van der Waals surface area contributed by atoms with Crippen LogP contribution in [0.2, 0.25) is 0 Å². The standard InChI is InChI=1S/C26H30N4O5S/c1-18-17-36-26(23(18)25(34)29-27-15-19-6-8-22(35-2)9-7-19)28-24(33)21-5-3-4-20(14-21)16-30(10-12-31)11-13-32/h3-9,14-15,17,31-32H,10-13,16H2,1-2H3,(H,28,33)(H,29,34). The Morgan fingerprint density at radius 3 is 2.47 bits per heavy atom. The third kappa shape index (κ3) is 7.46. The Labute approximate surface area is 214 Å². The van der Waals surface area contributed by atoms with Gasteiger partial charge in [-0.2, -0.15) is 5.10 Å². The maximum Gasteiger partial charge on any atom is 0.274 e. The van der Waals surface area contributed by atoms with Crippen LogP contribution in [0.5, 0.6) is 5.75 Å². The highest BCUT2D eigenvalue weighted by Crippen LogP contribution is 2.28. The average Bonchev–Trinajstić information content (AvgIpc) is 3.24. The summed E-state index contributed by atoms with van der Waals surface area (Å²) < 4.78 is 5.13. The van der Waals surface area contributed by atoms with Crippen molar-refractivity contribution in [3.05, 3.63) is 81.7 Å². The van der Waals surface area contributed by atoms with Crippen LogP contribution in [0.4, 0.5) is 5.00 Å². The first-order chi connectivity index (χ1) is 17.4. The Morgan fingerprint density at radius 2 is 1.81 bits per heavy atom. The molecule has 2 amide bonds. The molecule has 0 fully saturated rings. The van der Waals surface area contributed by atoms with E-state index in [9.17, 15) is 19.8 Å². The summed E-state index contributed by atoms with van der Waals surface area (Å²) in [7, 11) is 1.59. The Balaban J connectivity index is 1.67. The normalized spacial score (nSPS) is 11.1. The predicted molar refractivity (Wildman–Crippen MR) is 141 cm³/mol. The lowest BCUT2D eigenvalue weighted by Gasteiger charge is -2.20. The number of aryl methyl sites for hydroxylation is 1. The number of hydrogen-bond acceptors (Lipinski definition) is 8. The molecule has 0 atom stereocenters. The molecule has 0 bridgehead atoms. The molecule has 2 aromatic carbocycles. The quantitative estimate of drug-likeness (QED) is 0.220. The highest BCUT2D eigenvalue weighted by molar-refractivity contribution is 7.15. The Bertz CT molecular complexity index is 1190. The van der Waals surface area contributed by atoms with Gasteiger partial charge in [-0.1, -0.05) is 12.1 Å². The van der Waals surface area contributed by atoms with E-state index in [1.807, 2.05) is 23.1 Å². The fourth-order valence-electron chi connectivity index (χ4n) is 3.53. The molecule has 0 saturated heterocycles. The largest absolute Gasteiger partial charge is 0.497 e. The van der Waals surface area contributed by atoms with E-state index >= 15 is 0 Å². The Morgan fingerprint density at radius 1 is 1.08 bits per heavy atom. The van der Waals surface area contributed by atoms with Gasteiger partial charge in [-0.25, -0.2) is 5.43 Å². The molecule has 0 aliphatic heterocycles. The molecular formula is C26H30N4O5S. The number of nitrogens with zero attached hydrogens (tertiary/aromatic N) is 2. The lowest BCUT2D eigenvalue weighted by molar-refractivity contribution is 0.0955. The van der Waals surface area contributed by atoms with E-state index in [2.05, 4.69) is 15.8 Å². The molecule has 190 valence electrons. The van der Waals surface area contributed by atoms with E-state index in [0.717, 1.165) is 22.4 Å². The van der Waals surface area contributed by atoms with Crippen LogP contribution in [0.15, 0.2) is 59.0 Å². The number of carbonyl (C=O) groups is 2. The minimum absolute atomic E-state index is 0.0209. The van der Waals surface area contributed by atoms with Crippen molar-refractivity contribution in [2.24, 2.45) is 5.10 Å². The number of thiophene rings is 1. The predicted octanol–water partition coefficient (Wildman–Crippen LogP) is 2.87. The molecule has 9 nitrogen and oxygen atoms in total. The second-order valence-corrected chi connectivity index (χ2v) is 8.85. The summed E-state index contributed by atoms with van der Waals surface area (Å²) in [6.07, 6.45) is 1.53. The molecule has 10 heteroatoms. The first-order valence-corrected chi connectivity index (χ1v) is 12.2. The summed E-state index contributed by atoms with van der Waals surface area (Å²) in [5.41, 5.74) is 5.71. The first kappa shape index (κ1) is 27.0. The molecule has 4 N–H and O–H groups in total. The molecule has 0 unspecified atom stereocenters. The number of benzene rings is 2. The highest BCUT2D eigenvalue weighted by Gasteiger charge is 2.19. The van der Waals surface area contributed by atoms with E-state index < -0.39 is 5.91 Å². The summed E-state index contributed by atoms with van der Waals surface area (Å²) in [4.78, 5) is 27.7. The second-order valence-electron chi connectivity index (χ2n) is 7.97. The molecule has 36 heavy (non-hydrogen) atoms. The van der Waals surface area contributed by atoms with Crippen LogP contribution >= 0.6 is 11.3 Å². The van der Waals surface area contributed by atoms with Gasteiger partial charge < -0.3 is 20.3 Å². The first-order valence-electron chi connectivity index (χ1n) is 11.3. The van der Waals surface area contributed by atoms with Crippen molar-refractivity contribution in [1.29, 1.82) is 0 Å². The van der Waals surface area contributed by atoms with Crippen molar-refractivity contribution in [2.45, 2.75) is 13.5 Å². The van der Waals surface area contributed by atoms with Crippen LogP contribution < -0.4 is 15.5 Å². The number of hydrazone groups is 1. The smallest absolute Gasteiger partial charge is 0.274 e. The van der Waals surface area contributed by atoms with Gasteiger partial charge in [0.05, 0.1) is 32.1 Å². The molecule has 3 aromatic rings. The number of rotatable bonds is 12. The van der Waals surface area contributed by atoms with Gasteiger partial charge in [0.15, 0.2) is 0 Å². The van der Waals surface area contributed by atoms with Gasteiger partial charge in [-0.05, 0) is 65.4 Å². The van der Waals surface area contributed by atoms with Crippen molar-refractivity contribution in [1.82, 2.24) is 10.3 Å². The molecule has 0 aliphatic rings. The molecule has 0 radical (unpaired) electrons. The van der Waals surface area contributed by atoms with Crippen molar-refractivity contribution < 1.29 is 24.5 Å². The monoisotopic (exact) mass is 510 g/mol. The Kier molecular flexibility index (Phi) is 10.1. The van der Waals surface area contributed by atoms with Crippen LogP contribution in [0, 0.1) is 6.92 Å². The summed E-state index contributed by atoms with van der Waals surface area (Å²) in [5.74, 6) is -0.0415. The molecule has 3 rings (SSSR count). The zero-order chi connectivity index (χ0) is 25.9. The van der Waals surface area contributed by atoms with Gasteiger partial charge in [0.2, 0.25) is 0 Å². The number of ether oxygens (including phenoxy) is 1. The fourth-order valence-corrected chi connectivity index (χ4v) is 4.46. The maximum absolute atomic E-state index is 13.0. The van der Waals surface area contributed by atoms with Crippen molar-refractivity contribution >= 4 is 34.4 Å². The summed E-state index contributed by atoms with van der Waals surface area (Å²) in [5, 5.41) is 27.5. The number of aliphatic hydroxyl groups excluding tert-OH is 2. The lowest BCUT2D eigenvalue weighted by Crippen LogP contribution is -2.29. The van der Waals surface area contributed by atoms with E-state index in [4.69, 9.17) is 4.74 Å². The number of aliphatic hydroxyl groups is 2. The van der Waals surface area contributed by atoms with E-state index in [0.29, 0.717) is 35.8 Å². The molecule has 0 aliphatic carbocycles. The van der Waals surface area contributed by atoms with Gasteiger partial charge in [-0.3, -0.25) is 14.5 Å². The third-order valence-corrected chi connectivity index (χ3v) is 6.37. The van der Waals surface area contributed by atoms with Crippen molar-refractivity contribution in [3.63, 3.8) is 0 Å². The van der Waals surface area contributed by atoms with Gasteiger partial charge >= 0.3 is 0 Å². The highest BCUT2D eigenvalue weighted by atomic mass is 32.1. The number of hydrogen-bond donors (Lipinski definition) is 4. The maximum atomic E-state index is 13.0. The third-order valence-electron chi connectivity index (χ3n) is 5.35. The minimum Gasteiger partial charge on any atom is -0.497 e. The Hall–Kier alpha value is -3.57. The van der Waals surface area contributed by atoms with Gasteiger partial charge in [0.1, 0.15) is 10.8 Å². The van der Waals surface area contributed by atoms with Crippen LogP contribution in [0.25, 0.3) is 0 Å². The topological polar surface area (TPSA) is 123 Å². The molecule has 0 spiro atoms. The second kappa shape index (κ2) is 13.5. The summed E-state index contributed by atoms with van der Waals surface area (Å²) in [6.45, 7) is 3.08. The van der Waals surface area contributed by atoms with Gasteiger partial charge in [0.25, 0.3) is 11.8 Å². The van der Waals surface area contributed by atoms with Crippen molar-refractivity contribution in [2.75, 3.05) is 38.7 Å². The van der Waals surface area contributed by atoms with Crippen LogP contribution in [-0.4, -0.2) is 66.6 Å². The fraction of sp³-hybridized carbons (Fsp3) is 0.269. The SMILES string of the molecule is COc1ccc(C=NNC(=O)c2c(C)csc2NC(=O)c2cccc(CN(CCO)CCO)c2)cc1. The van der Waals surface area contributed by atoms with Crippen LogP contribution in [-0.2, 0) is 6.54 Å². The van der Waals surface area contributed by atoms with Gasteiger partial charge in [0, 0.05) is 25.2 Å². The minimum atomic E-state index is -0.425. The van der Waals surface area contributed by atoms with Gasteiger partial charge in [-0.15, -0.1) is 11.3 Å². The van der Waals surface area contributed by atoms with Crippen LogP contribution in [0.1, 0.15) is 37.4 Å². The average molecular weight is 511 g/mol. The number of amides is 2. The number of anilines is 1. The van der Waals surface area contributed by atoms with Crippen molar-refractivity contribution in [3.8, 4) is 5.75 Å². The zero-order valence-electron chi connectivity index (χ0n) is 20.2. The molecule has 1 aromatic heterocycles. The molecule has 0 saturated carbocycles. The summed E-state index contributed by atoms with van der Waals surface area (Å²) >= 11 is 1.27. The van der Waals surface area contributed by atoms with Crippen LogP contribution in [0.3, 0.4) is 0 Å². The zero-order valence-corrected chi connectivity index (χ0v) is 21.0. The summed E-state index contributed by atoms with van der Waals surface area (Å²) in [6, 6.07) is 14.3. The van der Waals surface area contributed by atoms with E-state index in [1.54, 1.807) is 49.7 Å². The molecule has 1 heterocycles. The molecular weight excluding hydrogens is 480 g/mol. The number of carbonyl (C=O) groups excluding carboxylic acids is 2.